The lowest BCUT2D eigenvalue weighted by Gasteiger charge is -2.59. The normalized spacial score (nSPS) is 42.9. The first-order chi connectivity index (χ1) is 8.54. The number of nitrogens with one attached hydrogen (secondary N) is 1. The van der Waals surface area contributed by atoms with E-state index in [0.717, 1.165) is 23.3 Å². The molecule has 4 rings (SSSR count). The minimum absolute atomic E-state index is 0.461. The van der Waals surface area contributed by atoms with Gasteiger partial charge in [-0.05, 0) is 81.2 Å². The maximum Gasteiger partial charge on any atom is 0.0371 e. The predicted octanol–water partition coefficient (Wildman–Crippen LogP) is 3.92. The van der Waals surface area contributed by atoms with Gasteiger partial charge in [-0.15, -0.1) is 0 Å². The van der Waals surface area contributed by atoms with E-state index in [1.807, 2.05) is 0 Å². The summed E-state index contributed by atoms with van der Waals surface area (Å²) in [6.07, 6.45) is 8.81. The Morgan fingerprint density at radius 2 is 1.50 bits per heavy atom. The van der Waals surface area contributed by atoms with E-state index in [2.05, 4.69) is 32.4 Å². The third-order valence-electron chi connectivity index (χ3n) is 5.88. The van der Waals surface area contributed by atoms with Crippen molar-refractivity contribution in [2.24, 2.45) is 23.2 Å². The van der Waals surface area contributed by atoms with Crippen LogP contribution in [-0.2, 0) is 0 Å². The average molecular weight is 245 g/mol. The van der Waals surface area contributed by atoms with Gasteiger partial charge in [0.15, 0.2) is 0 Å². The Morgan fingerprint density at radius 1 is 1.06 bits per heavy atom. The Hall–Kier alpha value is -0.560. The first-order valence-corrected chi connectivity index (χ1v) is 7.56. The molecule has 0 amide bonds. The smallest absolute Gasteiger partial charge is 0.0371 e. The van der Waals surface area contributed by atoms with Crippen LogP contribution in [0.1, 0.15) is 45.4 Å². The molecule has 1 atom stereocenters. The summed E-state index contributed by atoms with van der Waals surface area (Å²) in [4.78, 5) is 0. The molecule has 0 aromatic rings. The van der Waals surface area contributed by atoms with Crippen LogP contribution in [0.4, 0.5) is 0 Å². The third-order valence-corrected chi connectivity index (χ3v) is 5.88. The van der Waals surface area contributed by atoms with Crippen LogP contribution in [0.25, 0.3) is 0 Å². The Balaban J connectivity index is 1.89. The van der Waals surface area contributed by atoms with E-state index in [0.29, 0.717) is 11.5 Å². The molecule has 0 aliphatic heterocycles. The molecule has 4 aliphatic carbocycles. The van der Waals surface area contributed by atoms with E-state index in [1.165, 1.54) is 44.1 Å². The van der Waals surface area contributed by atoms with Crippen molar-refractivity contribution < 1.29 is 0 Å². The Bertz CT molecular complexity index is 344. The number of hydrogen-bond donors (Lipinski definition) is 1. The molecule has 0 saturated heterocycles. The zero-order valence-corrected chi connectivity index (χ0v) is 12.0. The topological polar surface area (TPSA) is 12.0 Å². The highest BCUT2D eigenvalue weighted by molar-refractivity contribution is 5.32. The van der Waals surface area contributed by atoms with Gasteiger partial charge in [-0.25, -0.2) is 0 Å². The van der Waals surface area contributed by atoms with Gasteiger partial charge in [0.05, 0.1) is 0 Å². The SMILES string of the molecule is C=C(C)C(=C)C(NC)C12CC3CC(CC(C3)C1)C2. The maximum absolute atomic E-state index is 4.32. The molecule has 1 N–H and O–H groups in total. The minimum atomic E-state index is 0.461. The summed E-state index contributed by atoms with van der Waals surface area (Å²) in [7, 11) is 2.11. The second-order valence-corrected chi connectivity index (χ2v) is 7.31. The Morgan fingerprint density at radius 3 is 1.83 bits per heavy atom. The van der Waals surface area contributed by atoms with Crippen LogP contribution in [-0.4, -0.2) is 13.1 Å². The monoisotopic (exact) mass is 245 g/mol. The fourth-order valence-electron chi connectivity index (χ4n) is 5.63. The lowest BCUT2D eigenvalue weighted by atomic mass is 9.47. The van der Waals surface area contributed by atoms with Gasteiger partial charge in [0.25, 0.3) is 0 Å². The van der Waals surface area contributed by atoms with Crippen LogP contribution in [0.5, 0.6) is 0 Å². The molecule has 1 heteroatoms. The first-order valence-electron chi connectivity index (χ1n) is 7.56. The molecule has 0 spiro atoms. The number of hydrogen-bond acceptors (Lipinski definition) is 1. The molecule has 0 radical (unpaired) electrons. The minimum Gasteiger partial charge on any atom is -0.313 e. The van der Waals surface area contributed by atoms with Crippen molar-refractivity contribution >= 4 is 0 Å². The highest BCUT2D eigenvalue weighted by Crippen LogP contribution is 2.62. The average Bonchev–Trinajstić information content (AvgIpc) is 2.27. The van der Waals surface area contributed by atoms with Gasteiger partial charge >= 0.3 is 0 Å². The fraction of sp³-hybridized carbons (Fsp3) is 0.765. The zero-order valence-electron chi connectivity index (χ0n) is 12.0. The van der Waals surface area contributed by atoms with Gasteiger partial charge in [-0.2, -0.15) is 0 Å². The molecule has 1 nitrogen and oxygen atoms in total. The van der Waals surface area contributed by atoms with E-state index in [4.69, 9.17) is 0 Å². The molecule has 4 aliphatic rings. The lowest BCUT2D eigenvalue weighted by molar-refractivity contribution is -0.0654. The van der Waals surface area contributed by atoms with E-state index in [9.17, 15) is 0 Å². The second-order valence-electron chi connectivity index (χ2n) is 7.31. The first kappa shape index (κ1) is 12.5. The summed E-state index contributed by atoms with van der Waals surface area (Å²) in [5.41, 5.74) is 2.91. The van der Waals surface area contributed by atoms with Crippen molar-refractivity contribution in [1.82, 2.24) is 5.32 Å². The van der Waals surface area contributed by atoms with Crippen LogP contribution in [0, 0.1) is 23.2 Å². The second kappa shape index (κ2) is 4.23. The highest BCUT2D eigenvalue weighted by Gasteiger charge is 2.54. The molecule has 4 fully saturated rings. The van der Waals surface area contributed by atoms with Crippen LogP contribution in [0.15, 0.2) is 24.3 Å². The summed E-state index contributed by atoms with van der Waals surface area (Å²) < 4.78 is 0. The van der Waals surface area contributed by atoms with Crippen molar-refractivity contribution in [2.75, 3.05) is 7.05 Å². The van der Waals surface area contributed by atoms with Crippen molar-refractivity contribution in [1.29, 1.82) is 0 Å². The van der Waals surface area contributed by atoms with Gasteiger partial charge in [-0.1, -0.05) is 18.7 Å². The van der Waals surface area contributed by atoms with Crippen molar-refractivity contribution in [2.45, 2.75) is 51.5 Å². The molecule has 100 valence electrons. The molecule has 18 heavy (non-hydrogen) atoms. The van der Waals surface area contributed by atoms with Gasteiger partial charge in [0.2, 0.25) is 0 Å². The largest absolute Gasteiger partial charge is 0.313 e. The number of likely N-dealkylation sites (N-methyl/N-ethyl adjacent to an activating group) is 1. The molecule has 4 saturated carbocycles. The van der Waals surface area contributed by atoms with Gasteiger partial charge in [0.1, 0.15) is 0 Å². The quantitative estimate of drug-likeness (QED) is 0.740. The predicted molar refractivity (Wildman–Crippen MR) is 77.4 cm³/mol. The summed E-state index contributed by atoms with van der Waals surface area (Å²) >= 11 is 0. The lowest BCUT2D eigenvalue weighted by Crippen LogP contribution is -2.55. The molecule has 0 aromatic carbocycles. The van der Waals surface area contributed by atoms with Crippen molar-refractivity contribution in [3.8, 4) is 0 Å². The fourth-order valence-corrected chi connectivity index (χ4v) is 5.63. The summed E-state index contributed by atoms with van der Waals surface area (Å²) in [6, 6.07) is 0.461. The van der Waals surface area contributed by atoms with Gasteiger partial charge < -0.3 is 5.32 Å². The molecule has 0 aromatic heterocycles. The van der Waals surface area contributed by atoms with E-state index < -0.39 is 0 Å². The third kappa shape index (κ3) is 1.79. The zero-order chi connectivity index (χ0) is 12.9. The van der Waals surface area contributed by atoms with Crippen LogP contribution in [0.3, 0.4) is 0 Å². The summed E-state index contributed by atoms with van der Waals surface area (Å²) in [6.45, 7) is 10.5. The van der Waals surface area contributed by atoms with Crippen molar-refractivity contribution in [3.05, 3.63) is 24.3 Å². The Labute approximate surface area is 112 Å². The van der Waals surface area contributed by atoms with E-state index in [-0.39, 0.29) is 0 Å². The van der Waals surface area contributed by atoms with Gasteiger partial charge in [0, 0.05) is 6.04 Å². The van der Waals surface area contributed by atoms with Crippen LogP contribution < -0.4 is 5.32 Å². The van der Waals surface area contributed by atoms with Crippen LogP contribution >= 0.6 is 0 Å². The van der Waals surface area contributed by atoms with Crippen molar-refractivity contribution in [3.63, 3.8) is 0 Å². The summed E-state index contributed by atoms with van der Waals surface area (Å²) in [5.74, 6) is 3.01. The molecular weight excluding hydrogens is 218 g/mol. The molecule has 0 heterocycles. The van der Waals surface area contributed by atoms with E-state index >= 15 is 0 Å². The maximum atomic E-state index is 4.32. The van der Waals surface area contributed by atoms with E-state index in [1.54, 1.807) is 0 Å². The Kier molecular flexibility index (Phi) is 2.93. The molecular formula is C17H27N. The highest BCUT2D eigenvalue weighted by atomic mass is 14.9. The number of rotatable bonds is 4. The standard InChI is InChI=1S/C17H27N/c1-11(2)12(3)16(18-4)17-8-13-5-14(9-17)7-15(6-13)10-17/h13-16,18H,1,3,5-10H2,2,4H3. The van der Waals surface area contributed by atoms with Crippen LogP contribution in [0.2, 0.25) is 0 Å². The summed E-state index contributed by atoms with van der Waals surface area (Å²) in [5, 5.41) is 3.58. The molecule has 4 bridgehead atoms. The van der Waals surface area contributed by atoms with Gasteiger partial charge in [-0.3, -0.25) is 0 Å². The molecule has 1 unspecified atom stereocenters.